The van der Waals surface area contributed by atoms with Crippen molar-refractivity contribution in [3.8, 4) is 5.69 Å². The first-order chi connectivity index (χ1) is 18.3. The molecular weight excluding hydrogens is 476 g/mol. The molecule has 0 saturated heterocycles. The highest BCUT2D eigenvalue weighted by atomic mass is 16.3. The van der Waals surface area contributed by atoms with Crippen LogP contribution in [-0.2, 0) is 6.54 Å². The van der Waals surface area contributed by atoms with E-state index in [4.69, 9.17) is 9.40 Å². The average Bonchev–Trinajstić information content (AvgIpc) is 3.43. The molecule has 2 aromatic heterocycles. The molecule has 1 N–H and O–H groups in total. The lowest BCUT2D eigenvalue weighted by atomic mass is 10.1. The summed E-state index contributed by atoms with van der Waals surface area (Å²) in [7, 11) is 0. The second-order valence-electron chi connectivity index (χ2n) is 9.52. The minimum absolute atomic E-state index is 0.182. The number of urea groups is 1. The molecule has 2 amide bonds. The topological polar surface area (TPSA) is 80.4 Å². The Labute approximate surface area is 221 Å². The van der Waals surface area contributed by atoms with Gasteiger partial charge in [-0.3, -0.25) is 9.36 Å². The third-order valence-corrected chi connectivity index (χ3v) is 6.95. The number of aryl methyl sites for hydroxylation is 3. The number of fused-ring (bicyclic) bond motifs is 1. The maximum Gasteiger partial charge on any atom is 0.322 e. The zero-order chi connectivity index (χ0) is 26.8. The number of hydrogen-bond donors (Lipinski definition) is 1. The van der Waals surface area contributed by atoms with Crippen LogP contribution in [-0.4, -0.2) is 20.5 Å². The van der Waals surface area contributed by atoms with Crippen molar-refractivity contribution in [3.05, 3.63) is 124 Å². The van der Waals surface area contributed by atoms with E-state index >= 15 is 0 Å². The second kappa shape index (κ2) is 10.4. The van der Waals surface area contributed by atoms with Gasteiger partial charge >= 0.3 is 6.03 Å². The fourth-order valence-corrected chi connectivity index (χ4v) is 4.54. The van der Waals surface area contributed by atoms with Gasteiger partial charge in [0.05, 0.1) is 35.4 Å². The summed E-state index contributed by atoms with van der Waals surface area (Å²) in [6.07, 6.45) is 1.58. The van der Waals surface area contributed by atoms with Gasteiger partial charge < -0.3 is 14.6 Å². The van der Waals surface area contributed by atoms with Crippen LogP contribution in [0.2, 0.25) is 0 Å². The molecule has 1 unspecified atom stereocenters. The molecule has 0 fully saturated rings. The van der Waals surface area contributed by atoms with E-state index < -0.39 is 6.04 Å². The normalized spacial score (nSPS) is 11.9. The summed E-state index contributed by atoms with van der Waals surface area (Å²) in [6, 6.07) is 23.5. The van der Waals surface area contributed by atoms with E-state index in [1.807, 2.05) is 94.4 Å². The lowest BCUT2D eigenvalue weighted by molar-refractivity contribution is 0.179. The smallest absolute Gasteiger partial charge is 0.322 e. The van der Waals surface area contributed by atoms with Gasteiger partial charge in [0, 0.05) is 5.69 Å². The number of anilines is 1. The van der Waals surface area contributed by atoms with Crippen molar-refractivity contribution in [2.45, 2.75) is 40.3 Å². The van der Waals surface area contributed by atoms with Crippen LogP contribution in [0.3, 0.4) is 0 Å². The van der Waals surface area contributed by atoms with Crippen LogP contribution in [0.25, 0.3) is 16.6 Å². The fourth-order valence-electron chi connectivity index (χ4n) is 4.54. The number of rotatable bonds is 6. The first-order valence-electron chi connectivity index (χ1n) is 12.6. The molecule has 0 radical (unpaired) electrons. The molecule has 1 atom stereocenters. The van der Waals surface area contributed by atoms with Gasteiger partial charge in [0.1, 0.15) is 11.6 Å². The molecule has 7 nitrogen and oxygen atoms in total. The Morgan fingerprint density at radius 2 is 1.71 bits per heavy atom. The van der Waals surface area contributed by atoms with E-state index in [2.05, 4.69) is 5.32 Å². The first-order valence-corrected chi connectivity index (χ1v) is 12.6. The number of para-hydroxylation sites is 2. The Balaban J connectivity index is 1.66. The minimum atomic E-state index is -0.581. The summed E-state index contributed by atoms with van der Waals surface area (Å²) in [5.41, 5.74) is 4.95. The SMILES string of the molecule is Cc1ccc(-n2c(C(C)N(Cc3ccco3)C(=O)Nc3ccccc3C)nc3ccccc3c2=O)cc1C. The van der Waals surface area contributed by atoms with Crippen molar-refractivity contribution >= 4 is 22.6 Å². The Morgan fingerprint density at radius 1 is 0.947 bits per heavy atom. The molecular formula is C31H30N4O3. The number of amides is 2. The lowest BCUT2D eigenvalue weighted by Crippen LogP contribution is -2.39. The molecule has 0 aliphatic carbocycles. The lowest BCUT2D eigenvalue weighted by Gasteiger charge is -2.30. The van der Waals surface area contributed by atoms with Crippen LogP contribution in [0, 0.1) is 20.8 Å². The van der Waals surface area contributed by atoms with Gasteiger partial charge in [0.2, 0.25) is 0 Å². The molecule has 192 valence electrons. The zero-order valence-corrected chi connectivity index (χ0v) is 21.9. The number of benzene rings is 3. The van der Waals surface area contributed by atoms with E-state index in [1.165, 1.54) is 0 Å². The Kier molecular flexibility index (Phi) is 6.83. The van der Waals surface area contributed by atoms with Crippen molar-refractivity contribution in [1.29, 1.82) is 0 Å². The van der Waals surface area contributed by atoms with Gasteiger partial charge in [-0.05, 0) is 86.8 Å². The molecule has 0 aliphatic rings. The molecule has 0 spiro atoms. The molecule has 2 heterocycles. The van der Waals surface area contributed by atoms with Crippen molar-refractivity contribution in [2.75, 3.05) is 5.32 Å². The Hall–Kier alpha value is -4.65. The van der Waals surface area contributed by atoms with E-state index in [0.717, 1.165) is 16.7 Å². The van der Waals surface area contributed by atoms with Gasteiger partial charge in [-0.15, -0.1) is 0 Å². The van der Waals surface area contributed by atoms with E-state index in [0.29, 0.717) is 33.9 Å². The summed E-state index contributed by atoms with van der Waals surface area (Å²) < 4.78 is 7.22. The van der Waals surface area contributed by atoms with Crippen LogP contribution < -0.4 is 10.9 Å². The summed E-state index contributed by atoms with van der Waals surface area (Å²) in [5, 5.41) is 3.55. The maximum absolute atomic E-state index is 13.9. The molecule has 5 rings (SSSR count). The van der Waals surface area contributed by atoms with Gasteiger partial charge in [0.15, 0.2) is 0 Å². The summed E-state index contributed by atoms with van der Waals surface area (Å²) >= 11 is 0. The van der Waals surface area contributed by atoms with E-state index in [9.17, 15) is 9.59 Å². The van der Waals surface area contributed by atoms with E-state index in [1.54, 1.807) is 27.9 Å². The van der Waals surface area contributed by atoms with Crippen LogP contribution in [0.4, 0.5) is 10.5 Å². The third-order valence-electron chi connectivity index (χ3n) is 6.95. The summed E-state index contributed by atoms with van der Waals surface area (Å²) in [5.74, 6) is 1.08. The van der Waals surface area contributed by atoms with Gasteiger partial charge in [-0.25, -0.2) is 9.78 Å². The average molecular weight is 507 g/mol. The van der Waals surface area contributed by atoms with Crippen molar-refractivity contribution in [1.82, 2.24) is 14.5 Å². The molecule has 38 heavy (non-hydrogen) atoms. The number of nitrogens with zero attached hydrogens (tertiary/aromatic N) is 3. The van der Waals surface area contributed by atoms with Gasteiger partial charge in [-0.1, -0.05) is 36.4 Å². The predicted octanol–water partition coefficient (Wildman–Crippen LogP) is 6.70. The minimum Gasteiger partial charge on any atom is -0.467 e. The molecule has 3 aromatic carbocycles. The highest BCUT2D eigenvalue weighted by Gasteiger charge is 2.28. The third kappa shape index (κ3) is 4.83. The highest BCUT2D eigenvalue weighted by molar-refractivity contribution is 5.90. The number of aromatic nitrogens is 2. The molecule has 0 bridgehead atoms. The number of nitrogens with one attached hydrogen (secondary N) is 1. The summed E-state index contributed by atoms with van der Waals surface area (Å²) in [6.45, 7) is 8.07. The quantitative estimate of drug-likeness (QED) is 0.278. The van der Waals surface area contributed by atoms with Crippen LogP contribution >= 0.6 is 0 Å². The van der Waals surface area contributed by atoms with Gasteiger partial charge in [0.25, 0.3) is 5.56 Å². The molecule has 7 heteroatoms. The van der Waals surface area contributed by atoms with E-state index in [-0.39, 0.29) is 18.1 Å². The Bertz CT molecular complexity index is 1670. The predicted molar refractivity (Wildman–Crippen MR) is 150 cm³/mol. The zero-order valence-electron chi connectivity index (χ0n) is 21.9. The molecule has 0 saturated carbocycles. The second-order valence-corrected chi connectivity index (χ2v) is 9.52. The number of carbonyl (C=O) groups excluding carboxylic acids is 1. The molecule has 0 aliphatic heterocycles. The van der Waals surface area contributed by atoms with Crippen molar-refractivity contribution in [3.63, 3.8) is 0 Å². The number of furan rings is 1. The number of hydrogen-bond acceptors (Lipinski definition) is 4. The highest BCUT2D eigenvalue weighted by Crippen LogP contribution is 2.27. The van der Waals surface area contributed by atoms with Crippen LogP contribution in [0.1, 0.15) is 41.2 Å². The largest absolute Gasteiger partial charge is 0.467 e. The van der Waals surface area contributed by atoms with Crippen molar-refractivity contribution < 1.29 is 9.21 Å². The maximum atomic E-state index is 13.9. The summed E-state index contributed by atoms with van der Waals surface area (Å²) in [4.78, 5) is 34.2. The molecule has 5 aromatic rings. The first kappa shape index (κ1) is 25.0. The van der Waals surface area contributed by atoms with Crippen LogP contribution in [0.15, 0.2) is 94.3 Å². The monoisotopic (exact) mass is 506 g/mol. The standard InChI is InChI=1S/C31H30N4O3/c1-20-15-16-24(18-22(20)3)35-29(32-28-14-8-6-12-26(28)30(35)36)23(4)34(19-25-11-9-17-38-25)31(37)33-27-13-7-5-10-21(27)2/h5-18,23H,19H2,1-4H3,(H,33,37). The van der Waals surface area contributed by atoms with Crippen molar-refractivity contribution in [2.24, 2.45) is 0 Å². The number of carbonyl (C=O) groups is 1. The van der Waals surface area contributed by atoms with Gasteiger partial charge in [-0.2, -0.15) is 0 Å². The fraction of sp³-hybridized carbons (Fsp3) is 0.194. The van der Waals surface area contributed by atoms with Crippen LogP contribution in [0.5, 0.6) is 0 Å². The Morgan fingerprint density at radius 3 is 2.45 bits per heavy atom.